The van der Waals surface area contributed by atoms with Gasteiger partial charge in [0.05, 0.1) is 29.7 Å². The molecule has 0 aromatic heterocycles. The number of likely N-dealkylation sites (N-methyl/N-ethyl adjacent to an activating group) is 2. The Balaban J connectivity index is 1.74. The average molecular weight is 551 g/mol. The molecule has 0 spiro atoms. The summed E-state index contributed by atoms with van der Waals surface area (Å²) in [7, 11) is 3.14. The maximum Gasteiger partial charge on any atom is 0.255 e. The van der Waals surface area contributed by atoms with Gasteiger partial charge in [-0.2, -0.15) is 0 Å². The summed E-state index contributed by atoms with van der Waals surface area (Å²) in [6.45, 7) is 3.24. The molecule has 1 aliphatic carbocycles. The fourth-order valence-electron chi connectivity index (χ4n) is 5.37. The Morgan fingerprint density at radius 1 is 0.950 bits per heavy atom. The zero-order valence-electron chi connectivity index (χ0n) is 23.3. The van der Waals surface area contributed by atoms with Gasteiger partial charge < -0.3 is 30.6 Å². The Morgan fingerprint density at radius 3 is 2.20 bits per heavy atom. The molecule has 6 atom stereocenters. The van der Waals surface area contributed by atoms with Gasteiger partial charge in [0.15, 0.2) is 0 Å². The molecular formula is C30H38N4O6. The lowest BCUT2D eigenvalue weighted by molar-refractivity contribution is -0.151. The van der Waals surface area contributed by atoms with Crippen LogP contribution in [0.4, 0.5) is 0 Å². The lowest BCUT2D eigenvalue weighted by Crippen LogP contribution is -2.64. The summed E-state index contributed by atoms with van der Waals surface area (Å²) < 4.78 is 0. The van der Waals surface area contributed by atoms with E-state index >= 15 is 0 Å². The molecule has 2 aliphatic rings. The first-order chi connectivity index (χ1) is 19.0. The number of amides is 4. The predicted molar refractivity (Wildman–Crippen MR) is 148 cm³/mol. The standard InChI is InChI=1S/C30H38N4O6/c1-17-26(36)22(16-19-10-6-5-7-11-19)31-28(38)24(32-27(37)21-12-8-9-13-23(21)35)18(2)33(3)30(40)25(20-14-15-20)34(4)29(17)39/h5-13,17-18,20,22,24-26,35-36H,14-16H2,1-4H3,(H,31,38)(H,32,37)/t17-,18-,22+,24+,25?,26+/m1/s1. The van der Waals surface area contributed by atoms with Crippen molar-refractivity contribution in [2.24, 2.45) is 11.8 Å². The van der Waals surface area contributed by atoms with E-state index in [1.54, 1.807) is 40.1 Å². The Kier molecular flexibility index (Phi) is 8.78. The second-order valence-electron chi connectivity index (χ2n) is 11.0. The van der Waals surface area contributed by atoms with Crippen LogP contribution in [-0.4, -0.2) is 88.0 Å². The third kappa shape index (κ3) is 6.12. The van der Waals surface area contributed by atoms with Gasteiger partial charge in [-0.25, -0.2) is 0 Å². The molecule has 2 fully saturated rings. The molecule has 4 amide bonds. The van der Waals surface area contributed by atoms with Crippen LogP contribution in [0.2, 0.25) is 0 Å². The number of hydrogen-bond donors (Lipinski definition) is 4. The maximum absolute atomic E-state index is 13.8. The highest BCUT2D eigenvalue weighted by Gasteiger charge is 2.46. The number of para-hydroxylation sites is 1. The molecule has 1 aliphatic heterocycles. The van der Waals surface area contributed by atoms with Crippen LogP contribution in [-0.2, 0) is 20.8 Å². The SMILES string of the molecule is C[C@@H]1[C@H](NC(=O)c2ccccc2O)C(=O)N[C@@H](Cc2ccccc2)[C@@H](O)[C@@H](C)C(=O)N(C)C(C2CC2)C(=O)N1C. The van der Waals surface area contributed by atoms with Crippen molar-refractivity contribution in [2.75, 3.05) is 14.1 Å². The molecule has 0 bridgehead atoms. The minimum atomic E-state index is -1.27. The van der Waals surface area contributed by atoms with Gasteiger partial charge in [0.25, 0.3) is 5.91 Å². The summed E-state index contributed by atoms with van der Waals surface area (Å²) in [5.41, 5.74) is 0.830. The van der Waals surface area contributed by atoms with Gasteiger partial charge >= 0.3 is 0 Å². The Labute approximate surface area is 234 Å². The van der Waals surface area contributed by atoms with Gasteiger partial charge in [0.1, 0.15) is 17.8 Å². The second-order valence-corrected chi connectivity index (χ2v) is 11.0. The molecule has 10 nitrogen and oxygen atoms in total. The third-order valence-corrected chi connectivity index (χ3v) is 8.19. The van der Waals surface area contributed by atoms with Crippen LogP contribution in [0.5, 0.6) is 5.75 Å². The molecule has 2 aromatic rings. The Hall–Kier alpha value is -3.92. The Bertz CT molecular complexity index is 1250. The first-order valence-corrected chi connectivity index (χ1v) is 13.7. The highest BCUT2D eigenvalue weighted by atomic mass is 16.3. The number of aromatic hydroxyl groups is 1. The van der Waals surface area contributed by atoms with Crippen molar-refractivity contribution in [3.8, 4) is 5.75 Å². The summed E-state index contributed by atoms with van der Waals surface area (Å²) in [4.78, 5) is 57.1. The summed E-state index contributed by atoms with van der Waals surface area (Å²) in [6, 6.07) is 11.6. The van der Waals surface area contributed by atoms with E-state index in [-0.39, 0.29) is 35.5 Å². The number of benzene rings is 2. The highest BCUT2D eigenvalue weighted by molar-refractivity contribution is 6.00. The number of carbonyl (C=O) groups is 4. The van der Waals surface area contributed by atoms with Crippen molar-refractivity contribution in [1.82, 2.24) is 20.4 Å². The second kappa shape index (κ2) is 12.1. The average Bonchev–Trinajstić information content (AvgIpc) is 3.78. The minimum Gasteiger partial charge on any atom is -0.507 e. The van der Waals surface area contributed by atoms with Crippen LogP contribution in [0.1, 0.15) is 42.6 Å². The van der Waals surface area contributed by atoms with Crippen LogP contribution < -0.4 is 10.6 Å². The quantitative estimate of drug-likeness (QED) is 0.443. The molecule has 2 aromatic carbocycles. The maximum atomic E-state index is 13.8. The normalized spacial score (nSPS) is 28.4. The summed E-state index contributed by atoms with van der Waals surface area (Å²) in [5, 5.41) is 27.2. The molecule has 10 heteroatoms. The van der Waals surface area contributed by atoms with E-state index in [2.05, 4.69) is 10.6 Å². The van der Waals surface area contributed by atoms with Gasteiger partial charge in [-0.1, -0.05) is 49.4 Å². The number of phenolic OH excluding ortho intramolecular Hbond substituents is 1. The molecule has 1 unspecified atom stereocenters. The van der Waals surface area contributed by atoms with E-state index < -0.39 is 48.0 Å². The molecule has 4 rings (SSSR count). The van der Waals surface area contributed by atoms with Crippen LogP contribution in [0.3, 0.4) is 0 Å². The largest absolute Gasteiger partial charge is 0.507 e. The molecule has 214 valence electrons. The van der Waals surface area contributed by atoms with Crippen molar-refractivity contribution < 1.29 is 29.4 Å². The number of nitrogens with one attached hydrogen (secondary N) is 2. The summed E-state index contributed by atoms with van der Waals surface area (Å²) in [6.07, 6.45) is 0.552. The molecular weight excluding hydrogens is 512 g/mol. The number of aliphatic hydroxyl groups is 1. The topological polar surface area (TPSA) is 139 Å². The first-order valence-electron chi connectivity index (χ1n) is 13.7. The smallest absolute Gasteiger partial charge is 0.255 e. The van der Waals surface area contributed by atoms with Gasteiger partial charge in [-0.05, 0) is 49.8 Å². The number of phenols is 1. The lowest BCUT2D eigenvalue weighted by atomic mass is 9.90. The fourth-order valence-corrected chi connectivity index (χ4v) is 5.37. The molecule has 0 radical (unpaired) electrons. The van der Waals surface area contributed by atoms with E-state index in [0.29, 0.717) is 0 Å². The van der Waals surface area contributed by atoms with Crippen LogP contribution in [0.25, 0.3) is 0 Å². The minimum absolute atomic E-state index is 0.0155. The zero-order chi connectivity index (χ0) is 29.1. The highest BCUT2D eigenvalue weighted by Crippen LogP contribution is 2.37. The fraction of sp³-hybridized carbons (Fsp3) is 0.467. The number of rotatable bonds is 5. The Morgan fingerprint density at radius 2 is 1.57 bits per heavy atom. The lowest BCUT2D eigenvalue weighted by Gasteiger charge is -2.40. The number of hydrogen-bond acceptors (Lipinski definition) is 6. The van der Waals surface area contributed by atoms with E-state index in [4.69, 9.17) is 0 Å². The van der Waals surface area contributed by atoms with Crippen molar-refractivity contribution >= 4 is 23.6 Å². The number of nitrogens with zero attached hydrogens (tertiary/aromatic N) is 2. The number of aliphatic hydroxyl groups excluding tert-OH is 1. The molecule has 1 heterocycles. The van der Waals surface area contributed by atoms with Crippen LogP contribution in [0.15, 0.2) is 54.6 Å². The molecule has 40 heavy (non-hydrogen) atoms. The number of carbonyl (C=O) groups excluding carboxylic acids is 4. The molecule has 4 N–H and O–H groups in total. The predicted octanol–water partition coefficient (Wildman–Crippen LogP) is 1.31. The van der Waals surface area contributed by atoms with Crippen molar-refractivity contribution in [1.29, 1.82) is 0 Å². The van der Waals surface area contributed by atoms with Gasteiger partial charge in [0.2, 0.25) is 17.7 Å². The van der Waals surface area contributed by atoms with Gasteiger partial charge in [-0.15, -0.1) is 0 Å². The monoisotopic (exact) mass is 550 g/mol. The third-order valence-electron chi connectivity index (χ3n) is 8.19. The van der Waals surface area contributed by atoms with Crippen molar-refractivity contribution in [3.05, 3.63) is 65.7 Å². The zero-order valence-corrected chi connectivity index (χ0v) is 23.3. The summed E-state index contributed by atoms with van der Waals surface area (Å²) in [5.74, 6) is -3.20. The van der Waals surface area contributed by atoms with Crippen molar-refractivity contribution in [3.63, 3.8) is 0 Å². The first kappa shape index (κ1) is 29.1. The van der Waals surface area contributed by atoms with E-state index in [0.717, 1.165) is 18.4 Å². The molecule has 1 saturated heterocycles. The van der Waals surface area contributed by atoms with Crippen LogP contribution >= 0.6 is 0 Å². The van der Waals surface area contributed by atoms with E-state index in [9.17, 15) is 29.4 Å². The van der Waals surface area contributed by atoms with Gasteiger partial charge in [-0.3, -0.25) is 19.2 Å². The van der Waals surface area contributed by atoms with E-state index in [1.165, 1.54) is 21.9 Å². The summed E-state index contributed by atoms with van der Waals surface area (Å²) >= 11 is 0. The molecule has 1 saturated carbocycles. The van der Waals surface area contributed by atoms with Gasteiger partial charge in [0, 0.05) is 14.1 Å². The van der Waals surface area contributed by atoms with Crippen molar-refractivity contribution in [2.45, 2.75) is 63.4 Å². The van der Waals surface area contributed by atoms with E-state index in [1.807, 2.05) is 30.3 Å². The van der Waals surface area contributed by atoms with Crippen LogP contribution in [0, 0.1) is 11.8 Å².